The van der Waals surface area contributed by atoms with Crippen molar-refractivity contribution in [1.29, 1.82) is 0 Å². The summed E-state index contributed by atoms with van der Waals surface area (Å²) in [5, 5.41) is 3.42. The highest BCUT2D eigenvalue weighted by molar-refractivity contribution is 5.68. The van der Waals surface area contributed by atoms with Crippen LogP contribution in [0.1, 0.15) is 43.0 Å². The van der Waals surface area contributed by atoms with Crippen LogP contribution in [0.15, 0.2) is 6.07 Å². The molecule has 0 unspecified atom stereocenters. The summed E-state index contributed by atoms with van der Waals surface area (Å²) in [4.78, 5) is 19.0. The Morgan fingerprint density at radius 2 is 1.73 bits per heavy atom. The number of hydrogen-bond acceptors (Lipinski definition) is 5. The highest BCUT2D eigenvalue weighted by atomic mass is 16.6. The Morgan fingerprint density at radius 3 is 2.30 bits per heavy atom. The molecule has 0 aromatic heterocycles. The monoisotopic (exact) mass is 412 g/mol. The van der Waals surface area contributed by atoms with Crippen molar-refractivity contribution in [3.63, 3.8) is 0 Å². The number of nitrogens with zero attached hydrogens (tertiary/aromatic N) is 3. The minimum atomic E-state index is -0.459. The highest BCUT2D eigenvalue weighted by Crippen LogP contribution is 2.30. The Morgan fingerprint density at radius 1 is 1.10 bits per heavy atom. The van der Waals surface area contributed by atoms with Crippen molar-refractivity contribution in [3.8, 4) is 12.3 Å². The van der Waals surface area contributed by atoms with E-state index in [4.69, 9.17) is 11.2 Å². The van der Waals surface area contributed by atoms with E-state index in [1.165, 1.54) is 22.4 Å². The lowest BCUT2D eigenvalue weighted by atomic mass is 9.95. The second-order valence-electron chi connectivity index (χ2n) is 9.30. The van der Waals surface area contributed by atoms with Gasteiger partial charge in [0.2, 0.25) is 0 Å². The van der Waals surface area contributed by atoms with E-state index in [9.17, 15) is 4.79 Å². The molecule has 30 heavy (non-hydrogen) atoms. The number of nitrogens with one attached hydrogen (secondary N) is 1. The average molecular weight is 413 g/mol. The molecule has 2 heterocycles. The topological polar surface area (TPSA) is 48.1 Å². The van der Waals surface area contributed by atoms with E-state index < -0.39 is 5.60 Å². The number of benzene rings is 1. The van der Waals surface area contributed by atoms with Crippen molar-refractivity contribution in [2.75, 3.05) is 57.3 Å². The van der Waals surface area contributed by atoms with Crippen molar-refractivity contribution < 1.29 is 9.53 Å². The molecular weight excluding hydrogens is 376 g/mol. The van der Waals surface area contributed by atoms with Crippen molar-refractivity contribution in [1.82, 2.24) is 15.1 Å². The summed E-state index contributed by atoms with van der Waals surface area (Å²) in [6, 6.07) is 2.33. The second kappa shape index (κ2) is 9.28. The molecule has 2 saturated heterocycles. The van der Waals surface area contributed by atoms with E-state index in [1.807, 2.05) is 25.7 Å². The molecule has 0 radical (unpaired) electrons. The van der Waals surface area contributed by atoms with Crippen molar-refractivity contribution >= 4 is 11.8 Å². The van der Waals surface area contributed by atoms with E-state index in [0.29, 0.717) is 13.1 Å². The van der Waals surface area contributed by atoms with Crippen molar-refractivity contribution in [3.05, 3.63) is 28.3 Å². The zero-order valence-electron chi connectivity index (χ0n) is 19.2. The Bertz CT molecular complexity index is 808. The number of anilines is 1. The molecular formula is C24H36N4O2. The van der Waals surface area contributed by atoms with E-state index >= 15 is 0 Å². The molecule has 6 nitrogen and oxygen atoms in total. The van der Waals surface area contributed by atoms with E-state index in [-0.39, 0.29) is 6.09 Å². The molecule has 1 N–H and O–H groups in total. The van der Waals surface area contributed by atoms with Crippen LogP contribution in [0.3, 0.4) is 0 Å². The van der Waals surface area contributed by atoms with E-state index in [2.05, 4.69) is 41.0 Å². The number of amides is 1. The summed E-state index contributed by atoms with van der Waals surface area (Å²) in [6.45, 7) is 17.9. The summed E-state index contributed by atoms with van der Waals surface area (Å²) in [7, 11) is 0. The zero-order valence-corrected chi connectivity index (χ0v) is 19.2. The lowest BCUT2D eigenvalue weighted by Gasteiger charge is -2.36. The van der Waals surface area contributed by atoms with Crippen molar-refractivity contribution in [2.45, 2.75) is 46.8 Å². The van der Waals surface area contributed by atoms with Crippen LogP contribution in [0.2, 0.25) is 0 Å². The summed E-state index contributed by atoms with van der Waals surface area (Å²) in [6.07, 6.45) is 5.68. The fourth-order valence-corrected chi connectivity index (χ4v) is 4.22. The van der Waals surface area contributed by atoms with Crippen LogP contribution in [0.5, 0.6) is 0 Å². The third kappa shape index (κ3) is 5.27. The van der Waals surface area contributed by atoms with Gasteiger partial charge >= 0.3 is 6.09 Å². The minimum Gasteiger partial charge on any atom is -0.444 e. The Kier molecular flexibility index (Phi) is 6.95. The van der Waals surface area contributed by atoms with Gasteiger partial charge in [-0.05, 0) is 57.4 Å². The van der Waals surface area contributed by atoms with Gasteiger partial charge in [-0.1, -0.05) is 5.92 Å². The van der Waals surface area contributed by atoms with Gasteiger partial charge in [0, 0.05) is 70.2 Å². The Hall–Kier alpha value is -2.23. The maximum Gasteiger partial charge on any atom is 0.410 e. The first kappa shape index (κ1) is 22.5. The molecule has 2 aliphatic rings. The Labute approximate surface area is 181 Å². The summed E-state index contributed by atoms with van der Waals surface area (Å²) in [5.41, 5.74) is 5.51. The van der Waals surface area contributed by atoms with Gasteiger partial charge in [-0.15, -0.1) is 6.42 Å². The fraction of sp³-hybridized carbons (Fsp3) is 0.625. The highest BCUT2D eigenvalue weighted by Gasteiger charge is 2.26. The van der Waals surface area contributed by atoms with Crippen LogP contribution in [-0.2, 0) is 11.3 Å². The molecule has 0 bridgehead atoms. The minimum absolute atomic E-state index is 0.218. The molecule has 1 aromatic carbocycles. The smallest absolute Gasteiger partial charge is 0.410 e. The van der Waals surface area contributed by atoms with E-state index in [1.54, 1.807) is 0 Å². The molecule has 6 heteroatoms. The molecule has 3 rings (SSSR count). The van der Waals surface area contributed by atoms with Gasteiger partial charge in [0.05, 0.1) is 0 Å². The molecule has 164 valence electrons. The predicted molar refractivity (Wildman–Crippen MR) is 122 cm³/mol. The summed E-state index contributed by atoms with van der Waals surface area (Å²) in [5.74, 6) is 2.93. The van der Waals surface area contributed by atoms with Gasteiger partial charge in [-0.25, -0.2) is 4.79 Å². The van der Waals surface area contributed by atoms with Crippen LogP contribution < -0.4 is 10.2 Å². The fourth-order valence-electron chi connectivity index (χ4n) is 4.22. The lowest BCUT2D eigenvalue weighted by molar-refractivity contribution is 0.0139. The van der Waals surface area contributed by atoms with Gasteiger partial charge in [0.25, 0.3) is 0 Å². The number of piperazine rings is 2. The van der Waals surface area contributed by atoms with Crippen LogP contribution in [-0.4, -0.2) is 73.9 Å². The van der Waals surface area contributed by atoms with Gasteiger partial charge in [-0.2, -0.15) is 0 Å². The van der Waals surface area contributed by atoms with Gasteiger partial charge < -0.3 is 19.9 Å². The first-order valence-electron chi connectivity index (χ1n) is 10.9. The zero-order chi connectivity index (χ0) is 21.9. The van der Waals surface area contributed by atoms with E-state index in [0.717, 1.165) is 51.4 Å². The molecule has 0 spiro atoms. The van der Waals surface area contributed by atoms with Crippen LogP contribution in [0.25, 0.3) is 0 Å². The molecule has 0 aliphatic carbocycles. The Balaban J connectivity index is 1.71. The maximum atomic E-state index is 12.3. The second-order valence-corrected chi connectivity index (χ2v) is 9.30. The van der Waals surface area contributed by atoms with Crippen LogP contribution >= 0.6 is 0 Å². The quantitative estimate of drug-likeness (QED) is 0.774. The molecule has 1 amide bonds. The number of carbonyl (C=O) groups is 1. The number of terminal acetylenes is 1. The van der Waals surface area contributed by atoms with Crippen molar-refractivity contribution in [2.24, 2.45) is 0 Å². The van der Waals surface area contributed by atoms with Gasteiger partial charge in [0.1, 0.15) is 5.60 Å². The number of carbonyl (C=O) groups excluding carboxylic acids is 1. The first-order valence-corrected chi connectivity index (χ1v) is 10.9. The van der Waals surface area contributed by atoms with Gasteiger partial charge in [-0.3, -0.25) is 4.90 Å². The average Bonchev–Trinajstić information content (AvgIpc) is 2.70. The van der Waals surface area contributed by atoms with Crippen LogP contribution in [0.4, 0.5) is 10.5 Å². The molecule has 2 aliphatic heterocycles. The predicted octanol–water partition coefficient (Wildman–Crippen LogP) is 2.75. The standard InChI is InChI=1S/C24H36N4O2/c1-7-21-18(2)20(16-22(19(21)3)27-10-8-25-9-11-27)17-26-12-14-28(15-13-26)23(29)30-24(4,5)6/h1,16,25H,8-15,17H2,2-6H3. The number of rotatable bonds is 3. The SMILES string of the molecule is C#Cc1c(C)c(CN2CCN(C(=O)OC(C)(C)C)CC2)cc(N2CCNCC2)c1C. The lowest BCUT2D eigenvalue weighted by Crippen LogP contribution is -2.49. The third-order valence-corrected chi connectivity index (χ3v) is 5.95. The third-order valence-electron chi connectivity index (χ3n) is 5.95. The molecule has 0 atom stereocenters. The van der Waals surface area contributed by atoms with Crippen LogP contribution in [0, 0.1) is 26.2 Å². The first-order chi connectivity index (χ1) is 14.2. The molecule has 1 aromatic rings. The maximum absolute atomic E-state index is 12.3. The summed E-state index contributed by atoms with van der Waals surface area (Å²) >= 11 is 0. The summed E-state index contributed by atoms with van der Waals surface area (Å²) < 4.78 is 5.51. The number of hydrogen-bond donors (Lipinski definition) is 1. The molecule has 2 fully saturated rings. The normalized spacial score (nSPS) is 18.3. The molecule has 0 saturated carbocycles. The largest absolute Gasteiger partial charge is 0.444 e. The van der Waals surface area contributed by atoms with Gasteiger partial charge in [0.15, 0.2) is 0 Å². The number of ether oxygens (including phenoxy) is 1.